The van der Waals surface area contributed by atoms with Crippen LogP contribution in [0.5, 0.6) is 0 Å². The Kier molecular flexibility index (Phi) is 43.5. The molecular formula is C20H43AlO8. The van der Waals surface area contributed by atoms with Crippen molar-refractivity contribution in [2.45, 2.75) is 94.0 Å². The van der Waals surface area contributed by atoms with Gasteiger partial charge in [-0.2, -0.15) is 0 Å². The van der Waals surface area contributed by atoms with E-state index < -0.39 is 24.3 Å². The van der Waals surface area contributed by atoms with Gasteiger partial charge in [0.2, 0.25) is 0 Å². The van der Waals surface area contributed by atoms with Crippen LogP contribution in [0.4, 0.5) is 0 Å². The van der Waals surface area contributed by atoms with Crippen molar-refractivity contribution in [2.75, 3.05) is 19.8 Å². The van der Waals surface area contributed by atoms with Gasteiger partial charge in [0, 0.05) is 5.41 Å². The molecule has 0 aliphatic heterocycles. The van der Waals surface area contributed by atoms with E-state index in [4.69, 9.17) is 10.2 Å². The fraction of sp³-hybridized carbons (Fsp3) is 0.900. The summed E-state index contributed by atoms with van der Waals surface area (Å²) in [4.78, 5) is 20.6. The second kappa shape index (κ2) is 29.7. The van der Waals surface area contributed by atoms with Crippen molar-refractivity contribution in [3.63, 3.8) is 0 Å². The van der Waals surface area contributed by atoms with Crippen LogP contribution in [0.1, 0.15) is 75.7 Å². The van der Waals surface area contributed by atoms with Crippen molar-refractivity contribution >= 4 is 29.1 Å². The van der Waals surface area contributed by atoms with Gasteiger partial charge in [0.15, 0.2) is 0 Å². The zero-order valence-corrected chi connectivity index (χ0v) is 21.1. The first kappa shape index (κ1) is 42.6. The van der Waals surface area contributed by atoms with E-state index in [0.717, 1.165) is 0 Å². The first-order valence-corrected chi connectivity index (χ1v) is 9.33. The number of aliphatic hydroxyl groups excluding tert-OH is 2. The van der Waals surface area contributed by atoms with Crippen molar-refractivity contribution in [3.05, 3.63) is 0 Å². The summed E-state index contributed by atoms with van der Waals surface area (Å²) in [6, 6.07) is 0. The van der Waals surface area contributed by atoms with Gasteiger partial charge in [-0.15, -0.1) is 18.3 Å². The van der Waals surface area contributed by atoms with Crippen LogP contribution in [-0.4, -0.2) is 77.5 Å². The van der Waals surface area contributed by atoms with Crippen molar-refractivity contribution in [1.82, 2.24) is 0 Å². The molecule has 0 unspecified atom stereocenters. The normalized spacial score (nSPS) is 9.31. The van der Waals surface area contributed by atoms with Gasteiger partial charge in [0.05, 0.1) is 19.8 Å². The van der Waals surface area contributed by atoms with Crippen LogP contribution in [0, 0.1) is 5.41 Å². The maximum absolute atomic E-state index is 10.4. The van der Waals surface area contributed by atoms with Crippen LogP contribution in [0.3, 0.4) is 0 Å². The molecule has 0 spiro atoms. The maximum Gasteiger partial charge on any atom is 3.00 e. The van der Waals surface area contributed by atoms with Gasteiger partial charge in [-0.1, -0.05) is 55.4 Å². The summed E-state index contributed by atoms with van der Waals surface area (Å²) in [6.45, 7) is 16.8. The zero-order chi connectivity index (χ0) is 23.9. The third-order valence-electron chi connectivity index (χ3n) is 1.55. The molecule has 0 bridgehead atoms. The molecule has 0 radical (unpaired) electrons. The third-order valence-corrected chi connectivity index (χ3v) is 1.55. The molecule has 0 rings (SSSR count). The van der Waals surface area contributed by atoms with E-state index in [1.807, 2.05) is 0 Å². The number of carbonyl (C=O) groups is 2. The molecule has 174 valence electrons. The first-order chi connectivity index (χ1) is 12.5. The predicted octanol–water partition coefficient (Wildman–Crippen LogP) is -0.590. The minimum absolute atomic E-state index is 0. The number of ether oxygens (including phenoxy) is 1. The second-order valence-electron chi connectivity index (χ2n) is 7.31. The fourth-order valence-corrected chi connectivity index (χ4v) is 0.465. The van der Waals surface area contributed by atoms with Gasteiger partial charge in [0.1, 0.15) is 12.2 Å². The second-order valence-corrected chi connectivity index (χ2v) is 7.31. The molecule has 0 aliphatic rings. The molecule has 0 saturated carbocycles. The molecule has 0 aromatic rings. The van der Waals surface area contributed by atoms with E-state index >= 15 is 0 Å². The number of hydrogen-bond donors (Lipinski definition) is 2. The predicted molar refractivity (Wildman–Crippen MR) is 111 cm³/mol. The molecule has 0 aliphatic carbocycles. The summed E-state index contributed by atoms with van der Waals surface area (Å²) in [6.07, 6.45) is -1.35. The zero-order valence-electron chi connectivity index (χ0n) is 20.0. The Morgan fingerprint density at radius 1 is 0.862 bits per heavy atom. The van der Waals surface area contributed by atoms with Crippen molar-refractivity contribution < 1.29 is 39.9 Å². The SMILES string of the molecule is CC(C)(CO)CO.CC(C)[O-].CC(C)[O-].CC(C)[O-].CCOC(=O)CC(C)=O.[Al+3]. The largest absolute Gasteiger partial charge is 3.00 e. The van der Waals surface area contributed by atoms with E-state index in [9.17, 15) is 24.9 Å². The van der Waals surface area contributed by atoms with Gasteiger partial charge >= 0.3 is 23.3 Å². The average Bonchev–Trinajstić information content (AvgIpc) is 2.45. The molecule has 0 atom stereocenters. The monoisotopic (exact) mass is 438 g/mol. The van der Waals surface area contributed by atoms with Crippen LogP contribution in [0.25, 0.3) is 0 Å². The quantitative estimate of drug-likeness (QED) is 0.328. The van der Waals surface area contributed by atoms with Gasteiger partial charge in [0.25, 0.3) is 0 Å². The van der Waals surface area contributed by atoms with E-state index in [1.165, 1.54) is 6.92 Å². The number of Topliss-reactive ketones (excluding diaryl/α,β-unsaturated/α-hetero) is 1. The number of hydrogen-bond acceptors (Lipinski definition) is 8. The van der Waals surface area contributed by atoms with Crippen LogP contribution >= 0.6 is 0 Å². The summed E-state index contributed by atoms with van der Waals surface area (Å²) in [5, 5.41) is 45.5. The van der Waals surface area contributed by atoms with Gasteiger partial charge in [-0.3, -0.25) is 9.59 Å². The standard InChI is InChI=1S/C6H10O3.C5H12O2.3C3H7O.Al/c1-3-9-6(8)4-5(2)7;1-5(2,3-6)4-7;3*1-3(2)4;/h3-4H2,1-2H3;6-7H,3-4H2,1-2H3;3*3H,1-2H3;/q;;3*-1;+3. The molecule has 0 amide bonds. The topological polar surface area (TPSA) is 153 Å². The first-order valence-electron chi connectivity index (χ1n) is 9.33. The van der Waals surface area contributed by atoms with Crippen molar-refractivity contribution in [1.29, 1.82) is 0 Å². The summed E-state index contributed by atoms with van der Waals surface area (Å²) in [5.74, 6) is -0.599. The van der Waals surface area contributed by atoms with Crippen molar-refractivity contribution in [3.8, 4) is 0 Å². The Balaban J connectivity index is -0.0000000594. The molecular weight excluding hydrogens is 395 g/mol. The number of esters is 1. The number of carbonyl (C=O) groups excluding carboxylic acids is 2. The molecule has 2 N–H and O–H groups in total. The van der Waals surface area contributed by atoms with Crippen molar-refractivity contribution in [2.24, 2.45) is 5.41 Å². The Labute approximate surface area is 188 Å². The molecule has 0 saturated heterocycles. The van der Waals surface area contributed by atoms with Crippen LogP contribution in [-0.2, 0) is 14.3 Å². The molecule has 0 heterocycles. The molecule has 9 heteroatoms. The van der Waals surface area contributed by atoms with E-state index in [0.29, 0.717) is 6.61 Å². The summed E-state index contributed by atoms with van der Waals surface area (Å²) >= 11 is 0. The summed E-state index contributed by atoms with van der Waals surface area (Å²) in [5.41, 5.74) is -0.306. The van der Waals surface area contributed by atoms with Crippen LogP contribution in [0.2, 0.25) is 0 Å². The Hall–Kier alpha value is -0.528. The summed E-state index contributed by atoms with van der Waals surface area (Å²) in [7, 11) is 0. The Morgan fingerprint density at radius 2 is 1.10 bits per heavy atom. The minimum Gasteiger partial charge on any atom is -0.852 e. The average molecular weight is 439 g/mol. The number of rotatable bonds is 5. The third kappa shape index (κ3) is 115. The van der Waals surface area contributed by atoms with E-state index in [-0.39, 0.29) is 48.2 Å². The fourth-order valence-electron chi connectivity index (χ4n) is 0.465. The van der Waals surface area contributed by atoms with E-state index in [2.05, 4.69) is 4.74 Å². The Morgan fingerprint density at radius 3 is 1.21 bits per heavy atom. The number of ketones is 1. The number of aliphatic hydroxyl groups is 2. The molecule has 0 aromatic heterocycles. The van der Waals surface area contributed by atoms with Gasteiger partial charge < -0.3 is 30.3 Å². The summed E-state index contributed by atoms with van der Waals surface area (Å²) < 4.78 is 4.49. The Bertz CT molecular complexity index is 304. The van der Waals surface area contributed by atoms with Crippen LogP contribution < -0.4 is 15.3 Å². The molecule has 0 aromatic carbocycles. The maximum atomic E-state index is 10.4. The minimum atomic E-state index is -0.440. The molecule has 8 nitrogen and oxygen atoms in total. The van der Waals surface area contributed by atoms with Gasteiger partial charge in [-0.05, 0) is 13.8 Å². The van der Waals surface area contributed by atoms with E-state index in [1.54, 1.807) is 62.3 Å². The molecule has 29 heavy (non-hydrogen) atoms. The molecule has 0 fully saturated rings. The van der Waals surface area contributed by atoms with Gasteiger partial charge in [-0.25, -0.2) is 0 Å². The van der Waals surface area contributed by atoms with Crippen LogP contribution in [0.15, 0.2) is 0 Å². The smallest absolute Gasteiger partial charge is 0.852 e.